The molecular formula is C12H23N3O. The van der Waals surface area contributed by atoms with Crippen LogP contribution < -0.4 is 10.6 Å². The maximum Gasteiger partial charge on any atom is 0.217 e. The molecule has 2 heterocycles. The van der Waals surface area contributed by atoms with Gasteiger partial charge in [-0.25, -0.2) is 0 Å². The number of rotatable bonds is 3. The summed E-state index contributed by atoms with van der Waals surface area (Å²) < 4.78 is 0. The molecule has 4 heteroatoms. The summed E-state index contributed by atoms with van der Waals surface area (Å²) in [5.74, 6) is 0.964. The van der Waals surface area contributed by atoms with Gasteiger partial charge in [0, 0.05) is 32.6 Å². The lowest BCUT2D eigenvalue weighted by atomic mass is 9.98. The summed E-state index contributed by atoms with van der Waals surface area (Å²) in [7, 11) is 0. The molecule has 0 bridgehead atoms. The van der Waals surface area contributed by atoms with Gasteiger partial charge >= 0.3 is 0 Å². The van der Waals surface area contributed by atoms with Crippen molar-refractivity contribution in [1.82, 2.24) is 15.5 Å². The number of amides is 1. The van der Waals surface area contributed by atoms with E-state index < -0.39 is 0 Å². The Morgan fingerprint density at radius 3 is 2.81 bits per heavy atom. The Kier molecular flexibility index (Phi) is 4.18. The van der Waals surface area contributed by atoms with Gasteiger partial charge in [-0.15, -0.1) is 0 Å². The minimum absolute atomic E-state index is 0.105. The third-order valence-corrected chi connectivity index (χ3v) is 3.65. The Balaban J connectivity index is 1.69. The van der Waals surface area contributed by atoms with Gasteiger partial charge in [-0.1, -0.05) is 0 Å². The molecule has 1 unspecified atom stereocenters. The van der Waals surface area contributed by atoms with E-state index in [0.29, 0.717) is 6.04 Å². The van der Waals surface area contributed by atoms with Crippen LogP contribution in [-0.2, 0) is 4.79 Å². The second kappa shape index (κ2) is 5.64. The topological polar surface area (TPSA) is 44.4 Å². The van der Waals surface area contributed by atoms with Gasteiger partial charge in [-0.2, -0.15) is 0 Å². The molecule has 4 nitrogen and oxygen atoms in total. The van der Waals surface area contributed by atoms with Crippen LogP contribution in [0, 0.1) is 5.92 Å². The molecule has 92 valence electrons. The van der Waals surface area contributed by atoms with E-state index in [-0.39, 0.29) is 5.91 Å². The molecule has 16 heavy (non-hydrogen) atoms. The molecule has 2 aliphatic rings. The van der Waals surface area contributed by atoms with Crippen LogP contribution in [0.1, 0.15) is 26.2 Å². The zero-order valence-electron chi connectivity index (χ0n) is 10.2. The van der Waals surface area contributed by atoms with Crippen LogP contribution in [0.2, 0.25) is 0 Å². The van der Waals surface area contributed by atoms with Crippen molar-refractivity contribution in [2.24, 2.45) is 5.92 Å². The summed E-state index contributed by atoms with van der Waals surface area (Å²) in [4.78, 5) is 13.5. The van der Waals surface area contributed by atoms with E-state index in [1.165, 1.54) is 32.5 Å². The first-order valence-corrected chi connectivity index (χ1v) is 6.44. The molecule has 2 aliphatic heterocycles. The molecule has 0 radical (unpaired) electrons. The molecule has 2 saturated heterocycles. The fourth-order valence-corrected chi connectivity index (χ4v) is 2.83. The highest BCUT2D eigenvalue weighted by atomic mass is 16.1. The molecular weight excluding hydrogens is 202 g/mol. The highest BCUT2D eigenvalue weighted by Crippen LogP contribution is 2.17. The second-order valence-electron chi connectivity index (χ2n) is 5.14. The average molecular weight is 225 g/mol. The molecule has 0 saturated carbocycles. The maximum atomic E-state index is 11.0. The van der Waals surface area contributed by atoms with Gasteiger partial charge in [0.15, 0.2) is 0 Å². The standard InChI is InChI=1S/C12H23N3O/c1-10(16)14-12-4-7-15(9-12)8-11-2-5-13-6-3-11/h11-13H,2-9H2,1H3,(H,14,16). The smallest absolute Gasteiger partial charge is 0.217 e. The van der Waals surface area contributed by atoms with Crippen molar-refractivity contribution in [2.45, 2.75) is 32.2 Å². The Morgan fingerprint density at radius 2 is 2.12 bits per heavy atom. The number of nitrogens with one attached hydrogen (secondary N) is 2. The minimum atomic E-state index is 0.105. The first kappa shape index (κ1) is 11.9. The van der Waals surface area contributed by atoms with Gasteiger partial charge in [0.1, 0.15) is 0 Å². The minimum Gasteiger partial charge on any atom is -0.352 e. The van der Waals surface area contributed by atoms with Gasteiger partial charge in [-0.3, -0.25) is 4.79 Å². The van der Waals surface area contributed by atoms with E-state index in [9.17, 15) is 4.79 Å². The largest absolute Gasteiger partial charge is 0.352 e. The molecule has 2 fully saturated rings. The summed E-state index contributed by atoms with van der Waals surface area (Å²) in [5.41, 5.74) is 0. The molecule has 1 amide bonds. The quantitative estimate of drug-likeness (QED) is 0.721. The van der Waals surface area contributed by atoms with Crippen molar-refractivity contribution in [3.63, 3.8) is 0 Å². The molecule has 0 spiro atoms. The number of hydrogen-bond donors (Lipinski definition) is 2. The van der Waals surface area contributed by atoms with E-state index in [1.807, 2.05) is 0 Å². The van der Waals surface area contributed by atoms with Crippen molar-refractivity contribution >= 4 is 5.91 Å². The van der Waals surface area contributed by atoms with Crippen LogP contribution in [0.25, 0.3) is 0 Å². The fourth-order valence-electron chi connectivity index (χ4n) is 2.83. The van der Waals surface area contributed by atoms with E-state index in [2.05, 4.69) is 15.5 Å². The zero-order valence-corrected chi connectivity index (χ0v) is 10.2. The number of carbonyl (C=O) groups excluding carboxylic acids is 1. The zero-order chi connectivity index (χ0) is 11.4. The molecule has 0 aliphatic carbocycles. The Morgan fingerprint density at radius 1 is 1.38 bits per heavy atom. The predicted octanol–water partition coefficient (Wildman–Crippen LogP) is 0.196. The monoisotopic (exact) mass is 225 g/mol. The van der Waals surface area contributed by atoms with Crippen molar-refractivity contribution < 1.29 is 4.79 Å². The van der Waals surface area contributed by atoms with E-state index in [1.54, 1.807) is 6.92 Å². The molecule has 0 aromatic rings. The molecule has 0 aromatic heterocycles. The van der Waals surface area contributed by atoms with Crippen molar-refractivity contribution in [2.75, 3.05) is 32.7 Å². The van der Waals surface area contributed by atoms with Crippen molar-refractivity contribution in [3.05, 3.63) is 0 Å². The predicted molar refractivity (Wildman–Crippen MR) is 64.3 cm³/mol. The van der Waals surface area contributed by atoms with Crippen LogP contribution in [0.15, 0.2) is 0 Å². The number of nitrogens with zero attached hydrogens (tertiary/aromatic N) is 1. The Hall–Kier alpha value is -0.610. The van der Waals surface area contributed by atoms with Gasteiger partial charge in [0.05, 0.1) is 0 Å². The van der Waals surface area contributed by atoms with Gasteiger partial charge < -0.3 is 15.5 Å². The van der Waals surface area contributed by atoms with Crippen molar-refractivity contribution in [3.8, 4) is 0 Å². The molecule has 2 N–H and O–H groups in total. The van der Waals surface area contributed by atoms with Crippen LogP contribution in [0.3, 0.4) is 0 Å². The number of carbonyl (C=O) groups is 1. The first-order chi connectivity index (χ1) is 7.74. The Labute approximate surface area is 97.8 Å². The molecule has 2 rings (SSSR count). The van der Waals surface area contributed by atoms with E-state index >= 15 is 0 Å². The fraction of sp³-hybridized carbons (Fsp3) is 0.917. The second-order valence-corrected chi connectivity index (χ2v) is 5.14. The van der Waals surface area contributed by atoms with Crippen LogP contribution >= 0.6 is 0 Å². The number of hydrogen-bond acceptors (Lipinski definition) is 3. The average Bonchev–Trinajstić information content (AvgIpc) is 2.66. The molecule has 0 aromatic carbocycles. The number of likely N-dealkylation sites (tertiary alicyclic amines) is 1. The highest BCUT2D eigenvalue weighted by molar-refractivity contribution is 5.73. The van der Waals surface area contributed by atoms with E-state index in [0.717, 1.165) is 25.4 Å². The summed E-state index contributed by atoms with van der Waals surface area (Å²) >= 11 is 0. The summed E-state index contributed by atoms with van der Waals surface area (Å²) in [6.07, 6.45) is 3.73. The highest BCUT2D eigenvalue weighted by Gasteiger charge is 2.25. The van der Waals surface area contributed by atoms with Gasteiger partial charge in [0.25, 0.3) is 0 Å². The third kappa shape index (κ3) is 3.46. The summed E-state index contributed by atoms with van der Waals surface area (Å²) in [5, 5.41) is 6.41. The SMILES string of the molecule is CC(=O)NC1CCN(CC2CCNCC2)C1. The van der Waals surface area contributed by atoms with Gasteiger partial charge in [0.2, 0.25) is 5.91 Å². The van der Waals surface area contributed by atoms with Crippen LogP contribution in [0.5, 0.6) is 0 Å². The Bertz CT molecular complexity index is 238. The third-order valence-electron chi connectivity index (χ3n) is 3.65. The normalized spacial score (nSPS) is 28.2. The van der Waals surface area contributed by atoms with Crippen molar-refractivity contribution in [1.29, 1.82) is 0 Å². The number of piperidine rings is 1. The van der Waals surface area contributed by atoms with E-state index in [4.69, 9.17) is 0 Å². The lowest BCUT2D eigenvalue weighted by molar-refractivity contribution is -0.119. The lowest BCUT2D eigenvalue weighted by Crippen LogP contribution is -2.38. The summed E-state index contributed by atoms with van der Waals surface area (Å²) in [6.45, 7) is 7.37. The van der Waals surface area contributed by atoms with Crippen LogP contribution in [0.4, 0.5) is 0 Å². The van der Waals surface area contributed by atoms with Crippen LogP contribution in [-0.4, -0.2) is 49.6 Å². The molecule has 1 atom stereocenters. The first-order valence-electron chi connectivity index (χ1n) is 6.44. The van der Waals surface area contributed by atoms with Gasteiger partial charge in [-0.05, 0) is 38.3 Å². The maximum absolute atomic E-state index is 11.0. The summed E-state index contributed by atoms with van der Waals surface area (Å²) in [6, 6.07) is 0.388. The lowest BCUT2D eigenvalue weighted by Gasteiger charge is -2.27.